The SMILES string of the molecule is Cc1cc(C)c2c(c1)-c1cc(C)nn1C(c1cccc(Br)c1)N2. The number of aromatic nitrogens is 2. The summed E-state index contributed by atoms with van der Waals surface area (Å²) in [4.78, 5) is 0. The van der Waals surface area contributed by atoms with Crippen molar-refractivity contribution in [1.82, 2.24) is 9.78 Å². The van der Waals surface area contributed by atoms with Gasteiger partial charge in [-0.15, -0.1) is 0 Å². The third-order valence-corrected chi connectivity index (χ3v) is 4.80. The summed E-state index contributed by atoms with van der Waals surface area (Å²) in [5.41, 5.74) is 8.37. The van der Waals surface area contributed by atoms with Crippen molar-refractivity contribution in [2.45, 2.75) is 26.9 Å². The minimum atomic E-state index is 0.00473. The summed E-state index contributed by atoms with van der Waals surface area (Å²) in [6.07, 6.45) is 0.00473. The minimum Gasteiger partial charge on any atom is -0.359 e. The smallest absolute Gasteiger partial charge is 0.147 e. The molecular weight excluding hydrogens is 350 g/mol. The Balaban J connectivity index is 1.95. The normalized spacial score (nSPS) is 15.7. The second-order valence-electron chi connectivity index (χ2n) is 6.22. The fourth-order valence-electron chi connectivity index (χ4n) is 3.37. The van der Waals surface area contributed by atoms with Crippen molar-refractivity contribution in [3.63, 3.8) is 0 Å². The molecule has 23 heavy (non-hydrogen) atoms. The molecule has 4 rings (SSSR count). The molecule has 2 aromatic carbocycles. The zero-order chi connectivity index (χ0) is 16.1. The van der Waals surface area contributed by atoms with E-state index in [2.05, 4.69) is 76.2 Å². The maximum atomic E-state index is 4.74. The van der Waals surface area contributed by atoms with Crippen LogP contribution in [0.15, 0.2) is 46.9 Å². The quantitative estimate of drug-likeness (QED) is 0.639. The predicted octanol–water partition coefficient (Wildman–Crippen LogP) is 5.21. The van der Waals surface area contributed by atoms with Gasteiger partial charge < -0.3 is 5.32 Å². The highest BCUT2D eigenvalue weighted by Crippen LogP contribution is 2.41. The number of benzene rings is 2. The van der Waals surface area contributed by atoms with E-state index in [1.54, 1.807) is 0 Å². The van der Waals surface area contributed by atoms with Crippen LogP contribution in [0.5, 0.6) is 0 Å². The van der Waals surface area contributed by atoms with E-state index in [0.717, 1.165) is 10.2 Å². The monoisotopic (exact) mass is 367 g/mol. The molecule has 3 nitrogen and oxygen atoms in total. The van der Waals surface area contributed by atoms with Crippen molar-refractivity contribution in [1.29, 1.82) is 0 Å². The second-order valence-corrected chi connectivity index (χ2v) is 7.14. The van der Waals surface area contributed by atoms with E-state index in [1.165, 1.54) is 33.6 Å². The fourth-order valence-corrected chi connectivity index (χ4v) is 3.79. The van der Waals surface area contributed by atoms with Crippen LogP contribution >= 0.6 is 15.9 Å². The van der Waals surface area contributed by atoms with Crippen molar-refractivity contribution in [2.24, 2.45) is 0 Å². The molecule has 1 unspecified atom stereocenters. The van der Waals surface area contributed by atoms with Crippen LogP contribution in [-0.4, -0.2) is 9.78 Å². The number of aryl methyl sites for hydroxylation is 3. The first kappa shape index (κ1) is 14.5. The van der Waals surface area contributed by atoms with Crippen LogP contribution in [0, 0.1) is 20.8 Å². The largest absolute Gasteiger partial charge is 0.359 e. The molecule has 0 radical (unpaired) electrons. The zero-order valence-corrected chi connectivity index (χ0v) is 15.0. The Labute approximate surface area is 144 Å². The zero-order valence-electron chi connectivity index (χ0n) is 13.4. The summed E-state index contributed by atoms with van der Waals surface area (Å²) in [7, 11) is 0. The number of anilines is 1. The molecule has 3 aromatic rings. The van der Waals surface area contributed by atoms with E-state index in [0.29, 0.717) is 0 Å². The molecule has 116 valence electrons. The van der Waals surface area contributed by atoms with Gasteiger partial charge in [0.15, 0.2) is 0 Å². The van der Waals surface area contributed by atoms with Gasteiger partial charge in [-0.1, -0.05) is 39.7 Å². The summed E-state index contributed by atoms with van der Waals surface area (Å²) in [5.74, 6) is 0. The number of hydrogen-bond acceptors (Lipinski definition) is 2. The number of hydrogen-bond donors (Lipinski definition) is 1. The van der Waals surface area contributed by atoms with Crippen LogP contribution in [-0.2, 0) is 0 Å². The van der Waals surface area contributed by atoms with Crippen molar-refractivity contribution in [3.05, 3.63) is 69.3 Å². The number of nitrogens with one attached hydrogen (secondary N) is 1. The number of rotatable bonds is 1. The van der Waals surface area contributed by atoms with Crippen LogP contribution in [0.4, 0.5) is 5.69 Å². The van der Waals surface area contributed by atoms with Crippen molar-refractivity contribution in [2.75, 3.05) is 5.32 Å². The maximum Gasteiger partial charge on any atom is 0.147 e. The summed E-state index contributed by atoms with van der Waals surface area (Å²) in [6, 6.07) is 15.0. The summed E-state index contributed by atoms with van der Waals surface area (Å²) < 4.78 is 3.17. The Morgan fingerprint density at radius 1 is 1.09 bits per heavy atom. The molecule has 0 fully saturated rings. The Kier molecular flexibility index (Phi) is 3.31. The molecular formula is C19H18BrN3. The average Bonchev–Trinajstić information content (AvgIpc) is 2.88. The third-order valence-electron chi connectivity index (χ3n) is 4.30. The molecule has 2 heterocycles. The van der Waals surface area contributed by atoms with Gasteiger partial charge in [0, 0.05) is 15.7 Å². The van der Waals surface area contributed by atoms with Gasteiger partial charge in [0.05, 0.1) is 11.4 Å². The van der Waals surface area contributed by atoms with E-state index in [1.807, 2.05) is 13.0 Å². The molecule has 1 N–H and O–H groups in total. The highest BCUT2D eigenvalue weighted by Gasteiger charge is 2.27. The summed E-state index contributed by atoms with van der Waals surface area (Å²) in [6.45, 7) is 6.35. The molecule has 0 saturated carbocycles. The van der Waals surface area contributed by atoms with Crippen LogP contribution in [0.2, 0.25) is 0 Å². The Hall–Kier alpha value is -2.07. The molecule has 0 aliphatic carbocycles. The van der Waals surface area contributed by atoms with Gasteiger partial charge in [-0.2, -0.15) is 5.10 Å². The van der Waals surface area contributed by atoms with E-state index in [-0.39, 0.29) is 6.17 Å². The standard InChI is InChI=1S/C19H18BrN3/c1-11-7-12(2)18-16(8-11)17-9-13(3)22-23(17)19(21-18)14-5-4-6-15(20)10-14/h4-10,19,21H,1-3H3. The van der Waals surface area contributed by atoms with Gasteiger partial charge >= 0.3 is 0 Å². The summed E-state index contributed by atoms with van der Waals surface area (Å²) in [5, 5.41) is 8.42. The first-order valence-electron chi connectivity index (χ1n) is 7.73. The Morgan fingerprint density at radius 2 is 1.91 bits per heavy atom. The lowest BCUT2D eigenvalue weighted by atomic mass is 9.98. The lowest BCUT2D eigenvalue weighted by Gasteiger charge is -2.30. The minimum absolute atomic E-state index is 0.00473. The van der Waals surface area contributed by atoms with Crippen LogP contribution < -0.4 is 5.32 Å². The van der Waals surface area contributed by atoms with E-state index in [9.17, 15) is 0 Å². The molecule has 1 aliphatic rings. The van der Waals surface area contributed by atoms with Crippen molar-refractivity contribution >= 4 is 21.6 Å². The lowest BCUT2D eigenvalue weighted by Crippen LogP contribution is -2.26. The van der Waals surface area contributed by atoms with Crippen LogP contribution in [0.3, 0.4) is 0 Å². The molecule has 0 spiro atoms. The van der Waals surface area contributed by atoms with Gasteiger partial charge in [0.2, 0.25) is 0 Å². The highest BCUT2D eigenvalue weighted by molar-refractivity contribution is 9.10. The van der Waals surface area contributed by atoms with Gasteiger partial charge in [-0.05, 0) is 56.2 Å². The van der Waals surface area contributed by atoms with Gasteiger partial charge in [0.25, 0.3) is 0 Å². The topological polar surface area (TPSA) is 29.9 Å². The number of nitrogens with zero attached hydrogens (tertiary/aromatic N) is 2. The Bertz CT molecular complexity index is 911. The first-order chi connectivity index (χ1) is 11.0. The number of fused-ring (bicyclic) bond motifs is 3. The third kappa shape index (κ3) is 2.38. The van der Waals surface area contributed by atoms with Crippen LogP contribution in [0.1, 0.15) is 28.6 Å². The van der Waals surface area contributed by atoms with Gasteiger partial charge in [-0.25, -0.2) is 4.68 Å². The second kappa shape index (κ2) is 5.24. The lowest BCUT2D eigenvalue weighted by molar-refractivity contribution is 0.570. The fraction of sp³-hybridized carbons (Fsp3) is 0.211. The van der Waals surface area contributed by atoms with E-state index >= 15 is 0 Å². The average molecular weight is 368 g/mol. The highest BCUT2D eigenvalue weighted by atomic mass is 79.9. The summed E-state index contributed by atoms with van der Waals surface area (Å²) >= 11 is 3.57. The van der Waals surface area contributed by atoms with Gasteiger partial charge in [-0.3, -0.25) is 0 Å². The molecule has 0 saturated heterocycles. The predicted molar refractivity (Wildman–Crippen MR) is 97.8 cm³/mol. The molecule has 1 aliphatic heterocycles. The van der Waals surface area contributed by atoms with E-state index in [4.69, 9.17) is 5.10 Å². The van der Waals surface area contributed by atoms with Crippen molar-refractivity contribution < 1.29 is 0 Å². The molecule has 1 atom stereocenters. The Morgan fingerprint density at radius 3 is 2.70 bits per heavy atom. The molecule has 1 aromatic heterocycles. The van der Waals surface area contributed by atoms with E-state index < -0.39 is 0 Å². The number of halogens is 1. The molecule has 0 bridgehead atoms. The van der Waals surface area contributed by atoms with Gasteiger partial charge in [0.1, 0.15) is 6.17 Å². The molecule has 0 amide bonds. The maximum absolute atomic E-state index is 4.74. The van der Waals surface area contributed by atoms with Crippen LogP contribution in [0.25, 0.3) is 11.3 Å². The van der Waals surface area contributed by atoms with Crippen molar-refractivity contribution in [3.8, 4) is 11.3 Å². The first-order valence-corrected chi connectivity index (χ1v) is 8.52. The molecule has 4 heteroatoms.